The second-order valence-electron chi connectivity index (χ2n) is 4.90. The van der Waals surface area contributed by atoms with E-state index in [1.807, 2.05) is 6.07 Å². The Balaban J connectivity index is 1.94. The summed E-state index contributed by atoms with van der Waals surface area (Å²) in [4.78, 5) is 4.18. The summed E-state index contributed by atoms with van der Waals surface area (Å²) in [6.07, 6.45) is 4.24. The lowest BCUT2D eigenvalue weighted by molar-refractivity contribution is 0.288. The summed E-state index contributed by atoms with van der Waals surface area (Å²) in [6.45, 7) is 5.75. The maximum absolute atomic E-state index is 6.10. The van der Waals surface area contributed by atoms with Crippen LogP contribution >= 0.6 is 11.6 Å². The van der Waals surface area contributed by atoms with Crippen molar-refractivity contribution >= 4 is 11.6 Å². The third-order valence-corrected chi connectivity index (χ3v) is 3.11. The Bertz CT molecular complexity index is 378. The van der Waals surface area contributed by atoms with Crippen molar-refractivity contribution in [2.24, 2.45) is 5.92 Å². The van der Waals surface area contributed by atoms with Crippen molar-refractivity contribution in [2.45, 2.75) is 39.3 Å². The molecule has 0 unspecified atom stereocenters. The molecule has 1 saturated carbocycles. The zero-order valence-corrected chi connectivity index (χ0v) is 11.1. The predicted octanol–water partition coefficient (Wildman–Crippen LogP) is 3.02. The molecule has 1 N–H and O–H groups in total. The molecule has 2 rings (SSSR count). The molecule has 0 saturated heterocycles. The molecule has 0 bridgehead atoms. The molecule has 0 amide bonds. The molecular weight excluding hydrogens is 236 g/mol. The smallest absolute Gasteiger partial charge is 0.213 e. The van der Waals surface area contributed by atoms with Crippen LogP contribution in [-0.4, -0.2) is 17.6 Å². The van der Waals surface area contributed by atoms with Crippen LogP contribution in [0.1, 0.15) is 32.3 Å². The van der Waals surface area contributed by atoms with E-state index in [4.69, 9.17) is 16.3 Å². The molecule has 1 fully saturated rings. The number of halogens is 1. The minimum absolute atomic E-state index is 0.440. The van der Waals surface area contributed by atoms with Crippen LogP contribution in [-0.2, 0) is 6.54 Å². The number of nitrogens with one attached hydrogen (secondary N) is 1. The second-order valence-corrected chi connectivity index (χ2v) is 5.31. The highest BCUT2D eigenvalue weighted by atomic mass is 35.5. The van der Waals surface area contributed by atoms with Gasteiger partial charge >= 0.3 is 0 Å². The second kappa shape index (κ2) is 5.69. The van der Waals surface area contributed by atoms with Crippen LogP contribution in [0.3, 0.4) is 0 Å². The minimum Gasteiger partial charge on any atom is -0.477 e. The summed E-state index contributed by atoms with van der Waals surface area (Å²) in [6, 6.07) is 2.37. The van der Waals surface area contributed by atoms with E-state index in [9.17, 15) is 0 Å². The Hall–Kier alpha value is -0.800. The van der Waals surface area contributed by atoms with Gasteiger partial charge in [0.1, 0.15) is 0 Å². The number of aromatic nitrogens is 1. The maximum Gasteiger partial charge on any atom is 0.213 e. The monoisotopic (exact) mass is 254 g/mol. The van der Waals surface area contributed by atoms with Crippen LogP contribution in [0.15, 0.2) is 12.3 Å². The highest BCUT2D eigenvalue weighted by Gasteiger charge is 2.22. The number of nitrogens with zero attached hydrogens (tertiary/aromatic N) is 1. The van der Waals surface area contributed by atoms with Gasteiger partial charge in [-0.3, -0.25) is 0 Å². The van der Waals surface area contributed by atoms with Gasteiger partial charge < -0.3 is 10.1 Å². The molecule has 1 heterocycles. The fourth-order valence-electron chi connectivity index (χ4n) is 1.47. The van der Waals surface area contributed by atoms with Crippen LogP contribution in [0, 0.1) is 5.92 Å². The highest BCUT2D eigenvalue weighted by molar-refractivity contribution is 6.31. The van der Waals surface area contributed by atoms with Gasteiger partial charge in [-0.05, 0) is 24.3 Å². The van der Waals surface area contributed by atoms with Crippen molar-refractivity contribution in [1.29, 1.82) is 0 Å². The van der Waals surface area contributed by atoms with Gasteiger partial charge in [-0.2, -0.15) is 0 Å². The van der Waals surface area contributed by atoms with Gasteiger partial charge in [-0.15, -0.1) is 0 Å². The van der Waals surface area contributed by atoms with Crippen LogP contribution < -0.4 is 10.1 Å². The molecule has 1 aliphatic rings. The van der Waals surface area contributed by atoms with Crippen molar-refractivity contribution in [3.8, 4) is 5.88 Å². The molecule has 0 spiro atoms. The van der Waals surface area contributed by atoms with Crippen LogP contribution in [0.25, 0.3) is 0 Å². The molecule has 1 aliphatic carbocycles. The SMILES string of the molecule is CC(C)NCc1cc(OCC2CC2)ncc1Cl. The van der Waals surface area contributed by atoms with Gasteiger partial charge in [0.25, 0.3) is 0 Å². The summed E-state index contributed by atoms with van der Waals surface area (Å²) >= 11 is 6.10. The van der Waals surface area contributed by atoms with Gasteiger partial charge in [0, 0.05) is 24.8 Å². The van der Waals surface area contributed by atoms with Crippen molar-refractivity contribution in [2.75, 3.05) is 6.61 Å². The first kappa shape index (κ1) is 12.7. The molecular formula is C13H19ClN2O. The zero-order chi connectivity index (χ0) is 12.3. The standard InChI is InChI=1S/C13H19ClN2O/c1-9(2)15-6-11-5-13(16-7-12(11)14)17-8-10-3-4-10/h5,7,9-10,15H,3-4,6,8H2,1-2H3. The molecule has 94 valence electrons. The lowest BCUT2D eigenvalue weighted by atomic mass is 10.2. The average Bonchev–Trinajstić information content (AvgIpc) is 3.10. The third-order valence-electron chi connectivity index (χ3n) is 2.77. The van der Waals surface area contributed by atoms with Crippen LogP contribution in [0.2, 0.25) is 5.02 Å². The normalized spacial score (nSPS) is 15.3. The number of rotatable bonds is 6. The Morgan fingerprint density at radius 3 is 2.94 bits per heavy atom. The molecule has 4 heteroatoms. The van der Waals surface area contributed by atoms with Crippen molar-refractivity contribution in [1.82, 2.24) is 10.3 Å². The maximum atomic E-state index is 6.10. The van der Waals surface area contributed by atoms with E-state index in [0.717, 1.165) is 24.6 Å². The summed E-state index contributed by atoms with van der Waals surface area (Å²) in [7, 11) is 0. The van der Waals surface area contributed by atoms with Crippen LogP contribution in [0.5, 0.6) is 5.88 Å². The first-order valence-corrected chi connectivity index (χ1v) is 6.53. The number of hydrogen-bond donors (Lipinski definition) is 1. The first-order chi connectivity index (χ1) is 8.15. The summed E-state index contributed by atoms with van der Waals surface area (Å²) in [5, 5.41) is 4.03. The van der Waals surface area contributed by atoms with E-state index >= 15 is 0 Å². The van der Waals surface area contributed by atoms with Gasteiger partial charge in [-0.1, -0.05) is 25.4 Å². The Labute approximate surface area is 108 Å². The topological polar surface area (TPSA) is 34.1 Å². The van der Waals surface area contributed by atoms with E-state index in [0.29, 0.717) is 16.9 Å². The molecule has 0 atom stereocenters. The molecule has 0 aromatic carbocycles. The summed E-state index contributed by atoms with van der Waals surface area (Å²) in [5.74, 6) is 1.42. The van der Waals surface area contributed by atoms with E-state index in [2.05, 4.69) is 24.1 Å². The summed E-state index contributed by atoms with van der Waals surface area (Å²) < 4.78 is 5.63. The Morgan fingerprint density at radius 1 is 1.53 bits per heavy atom. The fraction of sp³-hybridized carbons (Fsp3) is 0.615. The number of pyridine rings is 1. The quantitative estimate of drug-likeness (QED) is 0.847. The van der Waals surface area contributed by atoms with Gasteiger partial charge in [0.2, 0.25) is 5.88 Å². The van der Waals surface area contributed by atoms with Gasteiger partial charge in [0.15, 0.2) is 0 Å². The van der Waals surface area contributed by atoms with Gasteiger partial charge in [0.05, 0.1) is 11.6 Å². The molecule has 17 heavy (non-hydrogen) atoms. The van der Waals surface area contributed by atoms with E-state index in [1.165, 1.54) is 12.8 Å². The van der Waals surface area contributed by atoms with Gasteiger partial charge in [-0.25, -0.2) is 4.98 Å². The molecule has 3 nitrogen and oxygen atoms in total. The molecule has 1 aromatic heterocycles. The lowest BCUT2D eigenvalue weighted by Gasteiger charge is -2.11. The van der Waals surface area contributed by atoms with E-state index in [1.54, 1.807) is 6.20 Å². The Morgan fingerprint density at radius 2 is 2.29 bits per heavy atom. The average molecular weight is 255 g/mol. The van der Waals surface area contributed by atoms with E-state index in [-0.39, 0.29) is 0 Å². The largest absolute Gasteiger partial charge is 0.477 e. The number of hydrogen-bond acceptors (Lipinski definition) is 3. The van der Waals surface area contributed by atoms with Crippen molar-refractivity contribution < 1.29 is 4.74 Å². The highest BCUT2D eigenvalue weighted by Crippen LogP contribution is 2.29. The molecule has 0 aliphatic heterocycles. The zero-order valence-electron chi connectivity index (χ0n) is 10.4. The number of ether oxygens (including phenoxy) is 1. The fourth-order valence-corrected chi connectivity index (χ4v) is 1.64. The third kappa shape index (κ3) is 4.17. The van der Waals surface area contributed by atoms with Crippen LogP contribution in [0.4, 0.5) is 0 Å². The lowest BCUT2D eigenvalue weighted by Crippen LogP contribution is -2.22. The summed E-state index contributed by atoms with van der Waals surface area (Å²) in [5.41, 5.74) is 1.04. The first-order valence-electron chi connectivity index (χ1n) is 6.15. The van der Waals surface area contributed by atoms with E-state index < -0.39 is 0 Å². The van der Waals surface area contributed by atoms with Crippen molar-refractivity contribution in [3.05, 3.63) is 22.8 Å². The predicted molar refractivity (Wildman–Crippen MR) is 69.4 cm³/mol. The van der Waals surface area contributed by atoms with Crippen molar-refractivity contribution in [3.63, 3.8) is 0 Å². The molecule has 0 radical (unpaired) electrons. The Kier molecular flexibility index (Phi) is 4.24. The molecule has 1 aromatic rings. The minimum atomic E-state index is 0.440.